The van der Waals surface area contributed by atoms with Crippen molar-refractivity contribution in [3.8, 4) is 0 Å². The van der Waals surface area contributed by atoms with Gasteiger partial charge in [-0.3, -0.25) is 0 Å². The first-order valence-corrected chi connectivity index (χ1v) is 7.54. The Bertz CT molecular complexity index is 466. The Morgan fingerprint density at radius 2 is 1.95 bits per heavy atom. The third-order valence-electron chi connectivity index (χ3n) is 3.94. The normalized spacial score (nSPS) is 26.9. The van der Waals surface area contributed by atoms with Crippen molar-refractivity contribution >= 4 is 5.69 Å². The van der Waals surface area contributed by atoms with Gasteiger partial charge in [0, 0.05) is 25.7 Å². The minimum atomic E-state index is -0.124. The summed E-state index contributed by atoms with van der Waals surface area (Å²) < 4.78 is 20.0. The zero-order valence-electron chi connectivity index (χ0n) is 12.2. The monoisotopic (exact) mass is 278 g/mol. The Hall–Kier alpha value is -1.13. The number of hydrogen-bond donors (Lipinski definition) is 1. The number of benzene rings is 1. The number of morpholine rings is 1. The number of ether oxygens (including phenoxy) is 1. The molecule has 2 fully saturated rings. The smallest absolute Gasteiger partial charge is 0.146 e. The predicted octanol–water partition coefficient (Wildman–Crippen LogP) is 2.69. The summed E-state index contributed by atoms with van der Waals surface area (Å²) in [6.45, 7) is 6.34. The molecule has 3 nitrogen and oxygen atoms in total. The van der Waals surface area contributed by atoms with Crippen molar-refractivity contribution in [1.29, 1.82) is 0 Å². The van der Waals surface area contributed by atoms with E-state index in [1.54, 1.807) is 6.07 Å². The van der Waals surface area contributed by atoms with Crippen LogP contribution in [0.3, 0.4) is 0 Å². The van der Waals surface area contributed by atoms with Gasteiger partial charge in [0.25, 0.3) is 0 Å². The molecule has 1 saturated heterocycles. The third kappa shape index (κ3) is 3.30. The summed E-state index contributed by atoms with van der Waals surface area (Å²) in [6.07, 6.45) is 2.80. The van der Waals surface area contributed by atoms with Gasteiger partial charge in [-0.05, 0) is 44.4 Å². The van der Waals surface area contributed by atoms with Gasteiger partial charge in [0.05, 0.1) is 17.9 Å². The molecular formula is C16H23FN2O. The molecule has 20 heavy (non-hydrogen) atoms. The molecule has 0 spiro atoms. The molecule has 1 N–H and O–H groups in total. The summed E-state index contributed by atoms with van der Waals surface area (Å²) in [6, 6.07) is 6.25. The van der Waals surface area contributed by atoms with Crippen LogP contribution >= 0.6 is 0 Å². The summed E-state index contributed by atoms with van der Waals surface area (Å²) in [4.78, 5) is 2.09. The van der Waals surface area contributed by atoms with Crippen molar-refractivity contribution in [2.24, 2.45) is 0 Å². The first-order chi connectivity index (χ1) is 9.61. The van der Waals surface area contributed by atoms with Gasteiger partial charge in [-0.1, -0.05) is 6.07 Å². The Morgan fingerprint density at radius 1 is 1.25 bits per heavy atom. The van der Waals surface area contributed by atoms with Crippen molar-refractivity contribution < 1.29 is 9.13 Å². The molecule has 0 bridgehead atoms. The second kappa shape index (κ2) is 5.70. The molecule has 3 rings (SSSR count). The highest BCUT2D eigenvalue weighted by molar-refractivity contribution is 5.49. The Balaban J connectivity index is 1.69. The first-order valence-electron chi connectivity index (χ1n) is 7.54. The van der Waals surface area contributed by atoms with E-state index in [1.807, 2.05) is 26.0 Å². The molecule has 0 aromatic heterocycles. The van der Waals surface area contributed by atoms with E-state index in [0.29, 0.717) is 11.7 Å². The number of anilines is 1. The molecule has 0 amide bonds. The van der Waals surface area contributed by atoms with Crippen LogP contribution in [0.4, 0.5) is 10.1 Å². The van der Waals surface area contributed by atoms with E-state index in [-0.39, 0.29) is 18.0 Å². The Labute approximate surface area is 120 Å². The van der Waals surface area contributed by atoms with Crippen LogP contribution in [0.25, 0.3) is 0 Å². The molecule has 1 heterocycles. The lowest BCUT2D eigenvalue weighted by Crippen LogP contribution is -2.45. The summed E-state index contributed by atoms with van der Waals surface area (Å²) in [5.41, 5.74) is 1.72. The summed E-state index contributed by atoms with van der Waals surface area (Å²) in [7, 11) is 0. The Kier molecular flexibility index (Phi) is 3.94. The average molecular weight is 278 g/mol. The van der Waals surface area contributed by atoms with Crippen molar-refractivity contribution in [2.45, 2.75) is 51.5 Å². The third-order valence-corrected chi connectivity index (χ3v) is 3.94. The van der Waals surface area contributed by atoms with Gasteiger partial charge in [-0.15, -0.1) is 0 Å². The summed E-state index contributed by atoms with van der Waals surface area (Å²) >= 11 is 0. The van der Waals surface area contributed by atoms with Crippen LogP contribution in [0.2, 0.25) is 0 Å². The van der Waals surface area contributed by atoms with Crippen LogP contribution in [0.15, 0.2) is 18.2 Å². The first kappa shape index (κ1) is 13.8. The maximum atomic E-state index is 14.3. The number of halogens is 1. The standard InChI is InChI=1S/C16H23FN2O/c1-11-9-19(10-12(2)20-11)16-6-3-13(7-15(16)17)8-18-14-4-5-14/h3,6-7,11-12,14,18H,4-5,8-10H2,1-2H3. The maximum Gasteiger partial charge on any atom is 0.146 e. The molecule has 1 aliphatic carbocycles. The van der Waals surface area contributed by atoms with Crippen molar-refractivity contribution in [3.63, 3.8) is 0 Å². The van der Waals surface area contributed by atoms with Crippen LogP contribution in [0.5, 0.6) is 0 Å². The average Bonchev–Trinajstić information content (AvgIpc) is 3.19. The van der Waals surface area contributed by atoms with E-state index in [9.17, 15) is 4.39 Å². The lowest BCUT2D eigenvalue weighted by molar-refractivity contribution is -0.00539. The van der Waals surface area contributed by atoms with E-state index in [2.05, 4.69) is 10.2 Å². The second-order valence-corrected chi connectivity index (χ2v) is 6.10. The molecule has 110 valence electrons. The second-order valence-electron chi connectivity index (χ2n) is 6.10. The highest BCUT2D eigenvalue weighted by atomic mass is 19.1. The minimum Gasteiger partial charge on any atom is -0.372 e. The fourth-order valence-electron chi connectivity index (χ4n) is 2.84. The van der Waals surface area contributed by atoms with Crippen molar-refractivity contribution in [2.75, 3.05) is 18.0 Å². The summed E-state index contributed by atoms with van der Waals surface area (Å²) in [5.74, 6) is -0.124. The topological polar surface area (TPSA) is 24.5 Å². The Morgan fingerprint density at radius 3 is 2.55 bits per heavy atom. The number of nitrogens with one attached hydrogen (secondary N) is 1. The molecule has 2 unspecified atom stereocenters. The van der Waals surface area contributed by atoms with Crippen LogP contribution in [-0.2, 0) is 11.3 Å². The molecule has 4 heteroatoms. The van der Waals surface area contributed by atoms with Crippen LogP contribution < -0.4 is 10.2 Å². The fraction of sp³-hybridized carbons (Fsp3) is 0.625. The lowest BCUT2D eigenvalue weighted by Gasteiger charge is -2.37. The SMILES string of the molecule is CC1CN(c2ccc(CNC3CC3)cc2F)CC(C)O1. The zero-order chi connectivity index (χ0) is 14.1. The maximum absolute atomic E-state index is 14.3. The van der Waals surface area contributed by atoms with Crippen LogP contribution in [0.1, 0.15) is 32.3 Å². The van der Waals surface area contributed by atoms with Gasteiger partial charge in [0.15, 0.2) is 0 Å². The molecule has 1 aromatic rings. The highest BCUT2D eigenvalue weighted by Gasteiger charge is 2.24. The summed E-state index contributed by atoms with van der Waals surface area (Å²) in [5, 5.41) is 3.41. The van der Waals surface area contributed by atoms with Gasteiger partial charge in [-0.25, -0.2) is 4.39 Å². The van der Waals surface area contributed by atoms with E-state index in [4.69, 9.17) is 4.74 Å². The predicted molar refractivity (Wildman–Crippen MR) is 78.5 cm³/mol. The largest absolute Gasteiger partial charge is 0.372 e. The lowest BCUT2D eigenvalue weighted by atomic mass is 10.1. The molecular weight excluding hydrogens is 255 g/mol. The van der Waals surface area contributed by atoms with E-state index < -0.39 is 0 Å². The molecule has 2 atom stereocenters. The number of rotatable bonds is 4. The van der Waals surface area contributed by atoms with Gasteiger partial charge in [-0.2, -0.15) is 0 Å². The van der Waals surface area contributed by atoms with Crippen LogP contribution in [0, 0.1) is 5.82 Å². The quantitative estimate of drug-likeness (QED) is 0.916. The van der Waals surface area contributed by atoms with E-state index in [0.717, 1.165) is 25.2 Å². The molecule has 1 saturated carbocycles. The minimum absolute atomic E-state index is 0.124. The van der Waals surface area contributed by atoms with Crippen molar-refractivity contribution in [1.82, 2.24) is 5.32 Å². The van der Waals surface area contributed by atoms with Gasteiger partial charge in [0.1, 0.15) is 5.82 Å². The molecule has 1 aromatic carbocycles. The van der Waals surface area contributed by atoms with Crippen molar-refractivity contribution in [3.05, 3.63) is 29.6 Å². The van der Waals surface area contributed by atoms with Crippen LogP contribution in [-0.4, -0.2) is 31.3 Å². The molecule has 1 aliphatic heterocycles. The number of nitrogens with zero attached hydrogens (tertiary/aromatic N) is 1. The van der Waals surface area contributed by atoms with E-state index in [1.165, 1.54) is 12.8 Å². The van der Waals surface area contributed by atoms with Gasteiger partial charge >= 0.3 is 0 Å². The van der Waals surface area contributed by atoms with Gasteiger partial charge in [0.2, 0.25) is 0 Å². The number of hydrogen-bond acceptors (Lipinski definition) is 3. The van der Waals surface area contributed by atoms with E-state index >= 15 is 0 Å². The zero-order valence-corrected chi connectivity index (χ0v) is 12.2. The molecule has 2 aliphatic rings. The van der Waals surface area contributed by atoms with Gasteiger partial charge < -0.3 is 15.0 Å². The fourth-order valence-corrected chi connectivity index (χ4v) is 2.84. The highest BCUT2D eigenvalue weighted by Crippen LogP contribution is 2.25. The molecule has 0 radical (unpaired) electrons.